The Morgan fingerprint density at radius 1 is 1.24 bits per heavy atom. The van der Waals surface area contributed by atoms with Gasteiger partial charge in [-0.05, 0) is 38.2 Å². The van der Waals surface area contributed by atoms with Crippen molar-refractivity contribution in [1.82, 2.24) is 9.21 Å². The van der Waals surface area contributed by atoms with Gasteiger partial charge in [0.2, 0.25) is 10.0 Å². The van der Waals surface area contributed by atoms with Gasteiger partial charge in [-0.2, -0.15) is 4.31 Å². The molecule has 0 aromatic heterocycles. The minimum absolute atomic E-state index is 0.171. The second-order valence-electron chi connectivity index (χ2n) is 5.74. The molecule has 2 N–H and O–H groups in total. The minimum Gasteiger partial charge on any atom is -0.398 e. The molecule has 0 radical (unpaired) electrons. The van der Waals surface area contributed by atoms with Crippen LogP contribution in [0.1, 0.15) is 13.8 Å². The molecule has 1 aromatic carbocycles. The van der Waals surface area contributed by atoms with Crippen molar-refractivity contribution in [3.8, 4) is 0 Å². The van der Waals surface area contributed by atoms with Gasteiger partial charge in [0.1, 0.15) is 4.90 Å². The predicted molar refractivity (Wildman–Crippen MR) is 90.7 cm³/mol. The first-order valence-electron chi connectivity index (χ1n) is 6.84. The zero-order valence-corrected chi connectivity index (χ0v) is 15.4. The third-order valence-electron chi connectivity index (χ3n) is 2.96. The van der Waals surface area contributed by atoms with Crippen molar-refractivity contribution in [2.24, 2.45) is 5.92 Å². The third-order valence-corrected chi connectivity index (χ3v) is 5.39. The summed E-state index contributed by atoms with van der Waals surface area (Å²) in [6.45, 7) is 5.60. The Bertz CT molecular complexity index is 574. The summed E-state index contributed by atoms with van der Waals surface area (Å²) in [6, 6.07) is 4.87. The molecule has 0 saturated carbocycles. The molecule has 7 heteroatoms. The van der Waals surface area contributed by atoms with E-state index >= 15 is 0 Å². The fourth-order valence-electron chi connectivity index (χ4n) is 1.92. The molecule has 120 valence electrons. The summed E-state index contributed by atoms with van der Waals surface area (Å²) in [6.07, 6.45) is 0. The number of nitrogens with two attached hydrogens (primary N) is 1. The lowest BCUT2D eigenvalue weighted by atomic mass is 10.2. The highest BCUT2D eigenvalue weighted by Crippen LogP contribution is 2.26. The topological polar surface area (TPSA) is 66.6 Å². The lowest BCUT2D eigenvalue weighted by molar-refractivity contribution is 0.313. The smallest absolute Gasteiger partial charge is 0.245 e. The summed E-state index contributed by atoms with van der Waals surface area (Å²) in [7, 11) is 0.271. The normalized spacial score (nSPS) is 12.6. The van der Waals surface area contributed by atoms with E-state index < -0.39 is 10.0 Å². The van der Waals surface area contributed by atoms with Gasteiger partial charge in [0, 0.05) is 24.1 Å². The van der Waals surface area contributed by atoms with Crippen LogP contribution in [0.15, 0.2) is 27.6 Å². The van der Waals surface area contributed by atoms with Crippen LogP contribution in [0, 0.1) is 5.92 Å². The van der Waals surface area contributed by atoms with Crippen LogP contribution in [-0.2, 0) is 10.0 Å². The molecule has 0 amide bonds. The summed E-state index contributed by atoms with van der Waals surface area (Å²) in [4.78, 5) is 2.14. The summed E-state index contributed by atoms with van der Waals surface area (Å²) >= 11 is 3.30. The van der Waals surface area contributed by atoms with Crippen LogP contribution >= 0.6 is 15.9 Å². The monoisotopic (exact) mass is 377 g/mol. The maximum Gasteiger partial charge on any atom is 0.245 e. The van der Waals surface area contributed by atoms with Gasteiger partial charge in [-0.1, -0.05) is 29.8 Å². The highest BCUT2D eigenvalue weighted by Gasteiger charge is 2.27. The minimum atomic E-state index is -3.58. The SMILES string of the molecule is CC(C)CN(CCN(C)C)S(=O)(=O)c1ccc(Br)cc1N. The number of benzene rings is 1. The Balaban J connectivity index is 3.13. The maximum absolute atomic E-state index is 12.8. The number of nitrogens with zero attached hydrogens (tertiary/aromatic N) is 2. The average molecular weight is 378 g/mol. The first-order chi connectivity index (χ1) is 9.64. The molecule has 0 spiro atoms. The Labute approximate surface area is 136 Å². The van der Waals surface area contributed by atoms with Gasteiger partial charge in [-0.15, -0.1) is 0 Å². The molecule has 0 atom stereocenters. The maximum atomic E-state index is 12.8. The lowest BCUT2D eigenvalue weighted by Crippen LogP contribution is -2.39. The molecule has 0 heterocycles. The zero-order valence-electron chi connectivity index (χ0n) is 13.0. The number of hydrogen-bond acceptors (Lipinski definition) is 4. The Kier molecular flexibility index (Phi) is 6.65. The molecule has 0 unspecified atom stereocenters. The van der Waals surface area contributed by atoms with E-state index in [1.165, 1.54) is 4.31 Å². The molecular weight excluding hydrogens is 354 g/mol. The van der Waals surface area contributed by atoms with Gasteiger partial charge < -0.3 is 10.6 Å². The van der Waals surface area contributed by atoms with E-state index in [-0.39, 0.29) is 16.5 Å². The number of halogens is 1. The largest absolute Gasteiger partial charge is 0.398 e. The van der Waals surface area contributed by atoms with E-state index in [1.54, 1.807) is 18.2 Å². The highest BCUT2D eigenvalue weighted by molar-refractivity contribution is 9.10. The molecular formula is C14H24BrN3O2S. The molecule has 0 aliphatic rings. The van der Waals surface area contributed by atoms with E-state index in [9.17, 15) is 8.42 Å². The Morgan fingerprint density at radius 3 is 2.33 bits per heavy atom. The summed E-state index contributed by atoms with van der Waals surface area (Å²) in [5, 5.41) is 0. The summed E-state index contributed by atoms with van der Waals surface area (Å²) in [5.74, 6) is 0.249. The number of rotatable bonds is 7. The van der Waals surface area contributed by atoms with Crippen LogP contribution in [0.3, 0.4) is 0 Å². The van der Waals surface area contributed by atoms with Crippen LogP contribution in [0.25, 0.3) is 0 Å². The van der Waals surface area contributed by atoms with Crippen LogP contribution in [0.2, 0.25) is 0 Å². The molecule has 0 fully saturated rings. The van der Waals surface area contributed by atoms with E-state index in [1.807, 2.05) is 32.8 Å². The average Bonchev–Trinajstić information content (AvgIpc) is 2.33. The van der Waals surface area contributed by atoms with Crippen molar-refractivity contribution >= 4 is 31.6 Å². The molecule has 21 heavy (non-hydrogen) atoms. The number of likely N-dealkylation sites (N-methyl/N-ethyl adjacent to an activating group) is 1. The van der Waals surface area contributed by atoms with Crippen molar-refractivity contribution in [3.63, 3.8) is 0 Å². The van der Waals surface area contributed by atoms with Crippen LogP contribution in [-0.4, -0.2) is 51.4 Å². The highest BCUT2D eigenvalue weighted by atomic mass is 79.9. The van der Waals surface area contributed by atoms with Crippen LogP contribution in [0.5, 0.6) is 0 Å². The summed E-state index contributed by atoms with van der Waals surface area (Å²) < 4.78 is 27.9. The quantitative estimate of drug-likeness (QED) is 0.739. The van der Waals surface area contributed by atoms with Crippen molar-refractivity contribution in [3.05, 3.63) is 22.7 Å². The van der Waals surface area contributed by atoms with Gasteiger partial charge in [-0.25, -0.2) is 8.42 Å². The van der Waals surface area contributed by atoms with Crippen LogP contribution < -0.4 is 5.73 Å². The number of nitrogen functional groups attached to an aromatic ring is 1. The second kappa shape index (κ2) is 7.58. The number of hydrogen-bond donors (Lipinski definition) is 1. The van der Waals surface area contributed by atoms with Gasteiger partial charge in [0.05, 0.1) is 5.69 Å². The summed E-state index contributed by atoms with van der Waals surface area (Å²) in [5.41, 5.74) is 6.15. The van der Waals surface area contributed by atoms with Gasteiger partial charge in [-0.3, -0.25) is 0 Å². The van der Waals surface area contributed by atoms with E-state index in [0.717, 1.165) is 4.47 Å². The Hall–Kier alpha value is -0.630. The van der Waals surface area contributed by atoms with E-state index in [4.69, 9.17) is 5.73 Å². The molecule has 5 nitrogen and oxygen atoms in total. The van der Waals surface area contributed by atoms with E-state index in [2.05, 4.69) is 15.9 Å². The van der Waals surface area contributed by atoms with Crippen molar-refractivity contribution < 1.29 is 8.42 Å². The molecule has 0 aliphatic carbocycles. The fourth-order valence-corrected chi connectivity index (χ4v) is 3.99. The molecule has 1 rings (SSSR count). The van der Waals surface area contributed by atoms with Gasteiger partial charge in [0.25, 0.3) is 0 Å². The van der Waals surface area contributed by atoms with Crippen molar-refractivity contribution in [2.75, 3.05) is 39.5 Å². The first kappa shape index (κ1) is 18.4. The van der Waals surface area contributed by atoms with Crippen molar-refractivity contribution in [1.29, 1.82) is 0 Å². The zero-order chi connectivity index (χ0) is 16.2. The fraction of sp³-hybridized carbons (Fsp3) is 0.571. The predicted octanol–water partition coefficient (Wildman–Crippen LogP) is 2.24. The number of sulfonamides is 1. The third kappa shape index (κ3) is 5.25. The van der Waals surface area contributed by atoms with E-state index in [0.29, 0.717) is 19.6 Å². The van der Waals surface area contributed by atoms with Crippen molar-refractivity contribution in [2.45, 2.75) is 18.7 Å². The standard InChI is InChI=1S/C14H24BrN3O2S/c1-11(2)10-18(8-7-17(3)4)21(19,20)14-6-5-12(15)9-13(14)16/h5-6,9,11H,7-8,10,16H2,1-4H3. The molecule has 0 bridgehead atoms. The van der Waals surface area contributed by atoms with Gasteiger partial charge >= 0.3 is 0 Å². The molecule has 0 saturated heterocycles. The molecule has 1 aromatic rings. The van der Waals surface area contributed by atoms with Gasteiger partial charge in [0.15, 0.2) is 0 Å². The first-order valence-corrected chi connectivity index (χ1v) is 9.07. The lowest BCUT2D eigenvalue weighted by Gasteiger charge is -2.26. The Morgan fingerprint density at radius 2 is 1.86 bits per heavy atom. The number of anilines is 1. The van der Waals surface area contributed by atoms with Crippen LogP contribution in [0.4, 0.5) is 5.69 Å². The molecule has 0 aliphatic heterocycles. The second-order valence-corrected chi connectivity index (χ2v) is 8.56.